The lowest BCUT2D eigenvalue weighted by atomic mass is 9.79. The Labute approximate surface area is 354 Å². The molecule has 0 heterocycles. The molecule has 2 heteroatoms. The van der Waals surface area contributed by atoms with Crippen molar-refractivity contribution in [1.29, 1.82) is 0 Å². The fourth-order valence-electron chi connectivity index (χ4n) is 8.73. The summed E-state index contributed by atoms with van der Waals surface area (Å²) in [6.45, 7) is 0. The molecule has 2 aliphatic rings. The van der Waals surface area contributed by atoms with Crippen LogP contribution in [0.1, 0.15) is 25.7 Å². The maximum atomic E-state index is 5.16. The molecule has 0 spiro atoms. The lowest BCUT2D eigenvalue weighted by molar-refractivity contribution is 0.515. The molecule has 0 fully saturated rings. The number of fused-ring (bicyclic) bond motifs is 1. The first kappa shape index (κ1) is 37.0. The van der Waals surface area contributed by atoms with E-state index >= 15 is 0 Å². The van der Waals surface area contributed by atoms with E-state index in [4.69, 9.17) is 4.99 Å². The highest BCUT2D eigenvalue weighted by Gasteiger charge is 2.24. The molecule has 8 aromatic carbocycles. The molecule has 0 aromatic heterocycles. The SMILES string of the molecule is C1=C(Nc2ccc(-c3cc(-c4ccccc4)cc(-c4ccccc4)c3)cc2)CCC2CC/C(=N\c3ccc(-c4cc(-c5ccccc5)cc(-c5ccccc5)c4)cc3)C=C12. The van der Waals surface area contributed by atoms with Crippen LogP contribution >= 0.6 is 0 Å². The topological polar surface area (TPSA) is 24.4 Å². The zero-order chi connectivity index (χ0) is 40.1. The molecule has 0 aliphatic heterocycles. The quantitative estimate of drug-likeness (QED) is 0.155. The van der Waals surface area contributed by atoms with Crippen LogP contribution in [0.4, 0.5) is 11.4 Å². The Kier molecular flexibility index (Phi) is 10.4. The van der Waals surface area contributed by atoms with Crippen molar-refractivity contribution in [3.63, 3.8) is 0 Å². The van der Waals surface area contributed by atoms with Crippen molar-refractivity contribution in [2.24, 2.45) is 10.9 Å². The van der Waals surface area contributed by atoms with E-state index in [1.54, 1.807) is 0 Å². The molecule has 1 atom stereocenters. The van der Waals surface area contributed by atoms with E-state index in [0.717, 1.165) is 42.8 Å². The molecular weight excluding hydrogens is 725 g/mol. The predicted molar refractivity (Wildman–Crippen MR) is 254 cm³/mol. The number of aliphatic imine (C=N–C) groups is 1. The molecule has 0 saturated carbocycles. The number of allylic oxidation sites excluding steroid dienone is 4. The van der Waals surface area contributed by atoms with Crippen LogP contribution in [0, 0.1) is 5.92 Å². The van der Waals surface area contributed by atoms with Crippen LogP contribution < -0.4 is 5.32 Å². The zero-order valence-corrected chi connectivity index (χ0v) is 33.6. The molecule has 2 nitrogen and oxygen atoms in total. The van der Waals surface area contributed by atoms with E-state index in [9.17, 15) is 0 Å². The predicted octanol–water partition coefficient (Wildman–Crippen LogP) is 15.9. The van der Waals surface area contributed by atoms with Gasteiger partial charge in [0, 0.05) is 17.1 Å². The van der Waals surface area contributed by atoms with E-state index in [1.165, 1.54) is 78.0 Å². The zero-order valence-electron chi connectivity index (χ0n) is 33.6. The van der Waals surface area contributed by atoms with E-state index in [0.29, 0.717) is 5.92 Å². The summed E-state index contributed by atoms with van der Waals surface area (Å²) in [5.74, 6) is 0.589. The van der Waals surface area contributed by atoms with Gasteiger partial charge in [-0.05, 0) is 177 Å². The van der Waals surface area contributed by atoms with Crippen LogP contribution in [-0.4, -0.2) is 5.71 Å². The largest absolute Gasteiger partial charge is 0.359 e. The summed E-state index contributed by atoms with van der Waals surface area (Å²) < 4.78 is 0. The van der Waals surface area contributed by atoms with Gasteiger partial charge in [-0.2, -0.15) is 0 Å². The average molecular weight is 771 g/mol. The molecular formula is C58H46N2. The third-order valence-corrected chi connectivity index (χ3v) is 11.9. The molecule has 10 rings (SSSR count). The minimum absolute atomic E-state index is 0.589. The first-order valence-electron chi connectivity index (χ1n) is 21.2. The van der Waals surface area contributed by atoms with Gasteiger partial charge in [0.1, 0.15) is 0 Å². The van der Waals surface area contributed by atoms with Gasteiger partial charge in [0.15, 0.2) is 0 Å². The minimum Gasteiger partial charge on any atom is -0.359 e. The number of rotatable bonds is 9. The van der Waals surface area contributed by atoms with E-state index in [1.807, 2.05) is 0 Å². The van der Waals surface area contributed by atoms with Gasteiger partial charge < -0.3 is 5.32 Å². The van der Waals surface area contributed by atoms with Crippen molar-refractivity contribution < 1.29 is 0 Å². The summed E-state index contributed by atoms with van der Waals surface area (Å²) in [7, 11) is 0. The molecule has 1 unspecified atom stereocenters. The first-order chi connectivity index (χ1) is 29.7. The molecule has 0 saturated heterocycles. The van der Waals surface area contributed by atoms with Crippen LogP contribution in [-0.2, 0) is 0 Å². The van der Waals surface area contributed by atoms with Gasteiger partial charge >= 0.3 is 0 Å². The van der Waals surface area contributed by atoms with Gasteiger partial charge in [0.2, 0.25) is 0 Å². The highest BCUT2D eigenvalue weighted by molar-refractivity contribution is 5.98. The van der Waals surface area contributed by atoms with Gasteiger partial charge in [-0.3, -0.25) is 4.99 Å². The monoisotopic (exact) mass is 770 g/mol. The molecule has 2 aliphatic carbocycles. The summed E-state index contributed by atoms with van der Waals surface area (Å²) in [6.07, 6.45) is 9.07. The van der Waals surface area contributed by atoms with Gasteiger partial charge in [0.25, 0.3) is 0 Å². The number of hydrogen-bond acceptors (Lipinski definition) is 2. The molecule has 288 valence electrons. The summed E-state index contributed by atoms with van der Waals surface area (Å²) >= 11 is 0. The van der Waals surface area contributed by atoms with Gasteiger partial charge in [-0.25, -0.2) is 0 Å². The Morgan fingerprint density at radius 2 is 0.717 bits per heavy atom. The van der Waals surface area contributed by atoms with Crippen LogP contribution in [0.5, 0.6) is 0 Å². The Morgan fingerprint density at radius 3 is 1.13 bits per heavy atom. The number of hydrogen-bond donors (Lipinski definition) is 1. The fraction of sp³-hybridized carbons (Fsp3) is 0.0862. The van der Waals surface area contributed by atoms with Crippen molar-refractivity contribution in [2.75, 3.05) is 5.32 Å². The maximum absolute atomic E-state index is 5.16. The van der Waals surface area contributed by atoms with E-state index < -0.39 is 0 Å². The standard InChI is InChI=1S/C58H46N2/c1-5-13-41(14-6-1)48-33-49(42-15-7-2-8-16-42)36-52(35-48)45-21-27-55(28-22-45)59-57-31-25-47-26-32-58(40-54(47)39-57)60-56-29-23-46(24-30-56)53-37-50(43-17-9-3-10-18-43)34-51(38-53)44-19-11-4-12-20-44/h1-24,27-30,33-40,47,59H,25-26,31-32H2/b60-58+. The highest BCUT2D eigenvalue weighted by atomic mass is 14.9. The van der Waals surface area contributed by atoms with E-state index in [2.05, 4.69) is 224 Å². The smallest absolute Gasteiger partial charge is 0.0633 e. The third-order valence-electron chi connectivity index (χ3n) is 11.9. The second-order valence-corrected chi connectivity index (χ2v) is 16.0. The number of nitrogens with one attached hydrogen (secondary N) is 1. The number of benzene rings is 8. The first-order valence-corrected chi connectivity index (χ1v) is 21.2. The summed E-state index contributed by atoms with van der Waals surface area (Å²) in [5.41, 5.74) is 20.5. The van der Waals surface area contributed by atoms with E-state index in [-0.39, 0.29) is 0 Å². The van der Waals surface area contributed by atoms with Gasteiger partial charge in [-0.1, -0.05) is 146 Å². The second kappa shape index (κ2) is 16.9. The van der Waals surface area contributed by atoms with Crippen molar-refractivity contribution in [1.82, 2.24) is 0 Å². The van der Waals surface area contributed by atoms with Gasteiger partial charge in [0.05, 0.1) is 5.69 Å². The molecule has 0 amide bonds. The number of anilines is 1. The normalized spacial score (nSPS) is 15.5. The number of nitrogens with zero attached hydrogens (tertiary/aromatic N) is 1. The van der Waals surface area contributed by atoms with Crippen LogP contribution in [0.2, 0.25) is 0 Å². The molecule has 8 aromatic rings. The lowest BCUT2D eigenvalue weighted by Crippen LogP contribution is -2.18. The molecule has 0 bridgehead atoms. The molecule has 60 heavy (non-hydrogen) atoms. The average Bonchev–Trinajstić information content (AvgIpc) is 3.33. The minimum atomic E-state index is 0.589. The van der Waals surface area contributed by atoms with Crippen molar-refractivity contribution in [3.8, 4) is 66.8 Å². The highest BCUT2D eigenvalue weighted by Crippen LogP contribution is 2.38. The Morgan fingerprint density at radius 1 is 0.350 bits per heavy atom. The van der Waals surface area contributed by atoms with Gasteiger partial charge in [-0.15, -0.1) is 0 Å². The van der Waals surface area contributed by atoms with Crippen LogP contribution in [0.15, 0.2) is 235 Å². The summed E-state index contributed by atoms with van der Waals surface area (Å²) in [6, 6.07) is 74.1. The Hall–Kier alpha value is -7.29. The third kappa shape index (κ3) is 8.32. The second-order valence-electron chi connectivity index (χ2n) is 16.0. The van der Waals surface area contributed by atoms with Crippen LogP contribution in [0.25, 0.3) is 66.8 Å². The molecule has 0 radical (unpaired) electrons. The summed E-state index contributed by atoms with van der Waals surface area (Å²) in [4.78, 5) is 5.16. The van der Waals surface area contributed by atoms with Crippen molar-refractivity contribution in [3.05, 3.63) is 230 Å². The van der Waals surface area contributed by atoms with Crippen molar-refractivity contribution >= 4 is 17.1 Å². The fourth-order valence-corrected chi connectivity index (χ4v) is 8.73. The summed E-state index contributed by atoms with van der Waals surface area (Å²) in [5, 5.41) is 3.76. The van der Waals surface area contributed by atoms with Crippen LogP contribution in [0.3, 0.4) is 0 Å². The Bertz CT molecular complexity index is 2720. The lowest BCUT2D eigenvalue weighted by Gasteiger charge is -2.29. The Balaban J connectivity index is 0.867. The molecule has 1 N–H and O–H groups in total. The van der Waals surface area contributed by atoms with Crippen molar-refractivity contribution in [2.45, 2.75) is 25.7 Å². The maximum Gasteiger partial charge on any atom is 0.0633 e.